The number of aryl methyl sites for hydroxylation is 3. The lowest BCUT2D eigenvalue weighted by Gasteiger charge is -2.17. The Bertz CT molecular complexity index is 720. The van der Waals surface area contributed by atoms with Crippen LogP contribution >= 0.6 is 0 Å². The molecule has 1 nitrogen and oxygen atoms in total. The average Bonchev–Trinajstić information content (AvgIpc) is 2.59. The summed E-state index contributed by atoms with van der Waals surface area (Å²) < 4.78 is 0. The van der Waals surface area contributed by atoms with Crippen LogP contribution in [0.25, 0.3) is 0 Å². The molecular formula is C23H25N. The first-order valence-corrected chi connectivity index (χ1v) is 8.64. The van der Waals surface area contributed by atoms with Gasteiger partial charge in [-0.05, 0) is 56.4 Å². The molecule has 0 spiro atoms. The topological polar surface area (TPSA) is 12.9 Å². The van der Waals surface area contributed by atoms with Crippen LogP contribution in [0, 0.1) is 20.8 Å². The van der Waals surface area contributed by atoms with Gasteiger partial charge in [-0.25, -0.2) is 0 Å². The Morgan fingerprint density at radius 1 is 0.625 bits per heavy atom. The predicted octanol–water partition coefficient (Wildman–Crippen LogP) is 5.58. The van der Waals surface area contributed by atoms with E-state index in [0.717, 1.165) is 12.8 Å². The molecule has 0 bridgehead atoms. The van der Waals surface area contributed by atoms with E-state index in [1.54, 1.807) is 0 Å². The summed E-state index contributed by atoms with van der Waals surface area (Å²) in [6, 6.07) is 22.1. The quantitative estimate of drug-likeness (QED) is 0.599. The third-order valence-electron chi connectivity index (χ3n) is 4.56. The Balaban J connectivity index is 1.86. The van der Waals surface area contributed by atoms with Gasteiger partial charge in [0, 0.05) is 17.8 Å². The van der Waals surface area contributed by atoms with Crippen molar-refractivity contribution in [3.8, 4) is 0 Å². The first-order valence-electron chi connectivity index (χ1n) is 8.64. The second kappa shape index (κ2) is 7.44. The molecule has 122 valence electrons. The van der Waals surface area contributed by atoms with Gasteiger partial charge in [-0.1, -0.05) is 65.7 Å². The zero-order valence-corrected chi connectivity index (χ0v) is 14.8. The summed E-state index contributed by atoms with van der Waals surface area (Å²) in [6.07, 6.45) is 4.01. The second-order valence-electron chi connectivity index (χ2n) is 6.84. The highest BCUT2D eigenvalue weighted by Gasteiger charge is 2.15. The highest BCUT2D eigenvalue weighted by atomic mass is 14.7. The molecule has 24 heavy (non-hydrogen) atoms. The molecule has 3 aromatic rings. The second-order valence-corrected chi connectivity index (χ2v) is 6.84. The number of hydrogen-bond donors (Lipinski definition) is 0. The van der Waals surface area contributed by atoms with Crippen LogP contribution < -0.4 is 0 Å². The van der Waals surface area contributed by atoms with Gasteiger partial charge >= 0.3 is 0 Å². The van der Waals surface area contributed by atoms with Gasteiger partial charge in [-0.3, -0.25) is 4.98 Å². The van der Waals surface area contributed by atoms with Crippen molar-refractivity contribution >= 4 is 0 Å². The zero-order chi connectivity index (χ0) is 16.9. The van der Waals surface area contributed by atoms with E-state index in [4.69, 9.17) is 4.98 Å². The molecule has 2 aromatic carbocycles. The molecule has 3 rings (SSSR count). The van der Waals surface area contributed by atoms with Gasteiger partial charge in [0.1, 0.15) is 0 Å². The molecule has 0 saturated heterocycles. The molecule has 0 saturated carbocycles. The number of pyridine rings is 1. The van der Waals surface area contributed by atoms with E-state index in [-0.39, 0.29) is 0 Å². The molecule has 0 aliphatic heterocycles. The van der Waals surface area contributed by atoms with Crippen molar-refractivity contribution in [2.24, 2.45) is 0 Å². The van der Waals surface area contributed by atoms with E-state index >= 15 is 0 Å². The largest absolute Gasteiger partial charge is 0.261 e. The Kier molecular flexibility index (Phi) is 5.10. The summed E-state index contributed by atoms with van der Waals surface area (Å²) in [5, 5.41) is 0. The van der Waals surface area contributed by atoms with E-state index < -0.39 is 0 Å². The van der Waals surface area contributed by atoms with Crippen molar-refractivity contribution < 1.29 is 0 Å². The van der Waals surface area contributed by atoms with E-state index in [1.807, 2.05) is 6.20 Å². The summed E-state index contributed by atoms with van der Waals surface area (Å²) in [6.45, 7) is 6.36. The van der Waals surface area contributed by atoms with Crippen LogP contribution in [0.3, 0.4) is 0 Å². The molecule has 1 heterocycles. The third-order valence-corrected chi connectivity index (χ3v) is 4.56. The minimum atomic E-state index is 0.399. The van der Waals surface area contributed by atoms with Gasteiger partial charge in [-0.2, -0.15) is 0 Å². The lowest BCUT2D eigenvalue weighted by atomic mass is 9.89. The van der Waals surface area contributed by atoms with Crippen molar-refractivity contribution in [2.75, 3.05) is 0 Å². The first-order chi connectivity index (χ1) is 11.6. The van der Waals surface area contributed by atoms with Crippen molar-refractivity contribution in [1.29, 1.82) is 0 Å². The molecule has 0 fully saturated rings. The fraction of sp³-hybridized carbons (Fsp3) is 0.261. The molecule has 0 atom stereocenters. The summed E-state index contributed by atoms with van der Waals surface area (Å²) in [5.41, 5.74) is 7.76. The minimum absolute atomic E-state index is 0.399. The van der Waals surface area contributed by atoms with Crippen LogP contribution in [0.2, 0.25) is 0 Å². The van der Waals surface area contributed by atoms with Gasteiger partial charge in [0.25, 0.3) is 0 Å². The van der Waals surface area contributed by atoms with E-state index in [0.29, 0.717) is 5.92 Å². The Morgan fingerprint density at radius 2 is 1.08 bits per heavy atom. The summed E-state index contributed by atoms with van der Waals surface area (Å²) in [4.78, 5) is 4.71. The fourth-order valence-corrected chi connectivity index (χ4v) is 3.02. The van der Waals surface area contributed by atoms with E-state index in [2.05, 4.69) is 81.4 Å². The van der Waals surface area contributed by atoms with Crippen LogP contribution in [-0.2, 0) is 12.8 Å². The van der Waals surface area contributed by atoms with E-state index in [9.17, 15) is 0 Å². The van der Waals surface area contributed by atoms with Crippen LogP contribution in [0.5, 0.6) is 0 Å². The molecule has 0 N–H and O–H groups in total. The first kappa shape index (κ1) is 16.4. The number of aromatic nitrogens is 1. The number of hydrogen-bond acceptors (Lipinski definition) is 1. The highest BCUT2D eigenvalue weighted by Crippen LogP contribution is 2.24. The smallest absolute Gasteiger partial charge is 0.0441 e. The van der Waals surface area contributed by atoms with Crippen molar-refractivity contribution in [3.63, 3.8) is 0 Å². The Morgan fingerprint density at radius 3 is 1.50 bits per heavy atom. The average molecular weight is 315 g/mol. The minimum Gasteiger partial charge on any atom is -0.261 e. The van der Waals surface area contributed by atoms with Gasteiger partial charge < -0.3 is 0 Å². The van der Waals surface area contributed by atoms with Gasteiger partial charge in [-0.15, -0.1) is 0 Å². The lowest BCUT2D eigenvalue weighted by molar-refractivity contribution is 0.658. The highest BCUT2D eigenvalue weighted by molar-refractivity contribution is 5.28. The summed E-state index contributed by atoms with van der Waals surface area (Å²) >= 11 is 0. The molecule has 0 radical (unpaired) electrons. The van der Waals surface area contributed by atoms with Gasteiger partial charge in [0.15, 0.2) is 0 Å². The number of nitrogens with zero attached hydrogens (tertiary/aromatic N) is 1. The van der Waals surface area contributed by atoms with E-state index in [1.165, 1.54) is 33.5 Å². The van der Waals surface area contributed by atoms with Crippen LogP contribution in [-0.4, -0.2) is 4.98 Å². The maximum atomic E-state index is 4.71. The maximum absolute atomic E-state index is 4.71. The van der Waals surface area contributed by atoms with Gasteiger partial charge in [0.2, 0.25) is 0 Å². The summed E-state index contributed by atoms with van der Waals surface area (Å²) in [7, 11) is 0. The summed E-state index contributed by atoms with van der Waals surface area (Å²) in [5.74, 6) is 0.399. The van der Waals surface area contributed by atoms with Crippen molar-refractivity contribution in [3.05, 3.63) is 100 Å². The molecule has 0 aliphatic rings. The monoisotopic (exact) mass is 315 g/mol. The van der Waals surface area contributed by atoms with Crippen LogP contribution in [0.4, 0.5) is 0 Å². The molecule has 0 unspecified atom stereocenters. The predicted molar refractivity (Wildman–Crippen MR) is 101 cm³/mol. The molecule has 1 aromatic heterocycles. The number of rotatable bonds is 5. The van der Waals surface area contributed by atoms with Crippen molar-refractivity contribution in [1.82, 2.24) is 4.98 Å². The molecule has 0 aliphatic carbocycles. The zero-order valence-electron chi connectivity index (χ0n) is 14.8. The third kappa shape index (κ3) is 4.32. The SMILES string of the molecule is Cc1ccc(CC(Cc2ccc(C)cc2)c2ccc(C)cn2)cc1. The van der Waals surface area contributed by atoms with Crippen LogP contribution in [0.1, 0.15) is 39.4 Å². The Hall–Kier alpha value is -2.41. The lowest BCUT2D eigenvalue weighted by Crippen LogP contribution is -2.09. The van der Waals surface area contributed by atoms with Crippen molar-refractivity contribution in [2.45, 2.75) is 39.5 Å². The molecular weight excluding hydrogens is 290 g/mol. The maximum Gasteiger partial charge on any atom is 0.0441 e. The fourth-order valence-electron chi connectivity index (χ4n) is 3.02. The normalized spacial score (nSPS) is 11.0. The number of benzene rings is 2. The molecule has 1 heteroatoms. The molecule has 0 amide bonds. The van der Waals surface area contributed by atoms with Gasteiger partial charge in [0.05, 0.1) is 0 Å². The standard InChI is InChI=1S/C23H25N/c1-17-4-9-20(10-5-17)14-22(23-13-8-19(3)16-24-23)15-21-11-6-18(2)7-12-21/h4-13,16,22H,14-15H2,1-3H3. The van der Waals surface area contributed by atoms with Crippen LogP contribution in [0.15, 0.2) is 66.9 Å². The Labute approximate surface area is 145 Å².